The average Bonchev–Trinajstić information content (AvgIpc) is 3.46. The highest BCUT2D eigenvalue weighted by molar-refractivity contribution is 7.99. The fraction of sp³-hybridized carbons (Fsp3) is 0.550. The van der Waals surface area contributed by atoms with Crippen LogP contribution in [0.15, 0.2) is 29.4 Å². The molecular formula is C20H25FN4OS. The molecule has 144 valence electrons. The first-order valence-corrected chi connectivity index (χ1v) is 10.8. The summed E-state index contributed by atoms with van der Waals surface area (Å²) in [6.07, 6.45) is 6.49. The molecule has 7 heteroatoms. The Morgan fingerprint density at radius 2 is 2.04 bits per heavy atom. The number of carbonyl (C=O) groups is 1. The van der Waals surface area contributed by atoms with Crippen LogP contribution >= 0.6 is 11.8 Å². The molecular weight excluding hydrogens is 363 g/mol. The van der Waals surface area contributed by atoms with Crippen molar-refractivity contribution in [1.29, 1.82) is 0 Å². The summed E-state index contributed by atoms with van der Waals surface area (Å²) in [5, 5.41) is 9.26. The lowest BCUT2D eigenvalue weighted by Crippen LogP contribution is -2.44. The minimum absolute atomic E-state index is 0.171. The van der Waals surface area contributed by atoms with Crippen LogP contribution in [0.2, 0.25) is 0 Å². The van der Waals surface area contributed by atoms with Gasteiger partial charge in [0.05, 0.1) is 11.3 Å². The van der Waals surface area contributed by atoms with Crippen LogP contribution in [0.25, 0.3) is 11.4 Å². The number of halogens is 1. The fourth-order valence-electron chi connectivity index (χ4n) is 3.83. The molecule has 1 amide bonds. The molecule has 2 fully saturated rings. The van der Waals surface area contributed by atoms with Crippen molar-refractivity contribution >= 4 is 17.7 Å². The summed E-state index contributed by atoms with van der Waals surface area (Å²) in [4.78, 5) is 14.8. The van der Waals surface area contributed by atoms with E-state index in [4.69, 9.17) is 0 Å². The van der Waals surface area contributed by atoms with Gasteiger partial charge < -0.3 is 4.90 Å². The highest BCUT2D eigenvalue weighted by atomic mass is 32.2. The molecule has 0 spiro atoms. The van der Waals surface area contributed by atoms with Gasteiger partial charge in [-0.1, -0.05) is 30.8 Å². The zero-order chi connectivity index (χ0) is 18.8. The van der Waals surface area contributed by atoms with Gasteiger partial charge in [0.1, 0.15) is 5.82 Å². The number of nitrogens with zero attached hydrogens (tertiary/aromatic N) is 4. The molecule has 1 unspecified atom stereocenters. The van der Waals surface area contributed by atoms with Crippen molar-refractivity contribution in [3.8, 4) is 11.4 Å². The standard InChI is InChI=1S/C20H25FN4OS/c1-2-14-7-5-6-12-24(14)18(26)13-27-20-23-22-19(25(20)15-10-11-15)16-8-3-4-9-17(16)21/h3-4,8-9,14-15H,2,5-7,10-13H2,1H3. The highest BCUT2D eigenvalue weighted by Crippen LogP contribution is 2.41. The molecule has 2 heterocycles. The predicted octanol–water partition coefficient (Wildman–Crippen LogP) is 4.30. The second kappa shape index (κ2) is 8.00. The smallest absolute Gasteiger partial charge is 0.233 e. The number of benzene rings is 1. The Bertz CT molecular complexity index is 820. The Morgan fingerprint density at radius 1 is 1.22 bits per heavy atom. The van der Waals surface area contributed by atoms with Crippen molar-refractivity contribution in [2.45, 2.75) is 62.7 Å². The van der Waals surface area contributed by atoms with E-state index < -0.39 is 0 Å². The molecule has 1 aromatic heterocycles. The predicted molar refractivity (Wildman–Crippen MR) is 104 cm³/mol. The first-order valence-electron chi connectivity index (χ1n) is 9.81. The minimum Gasteiger partial charge on any atom is -0.339 e. The molecule has 1 atom stereocenters. The van der Waals surface area contributed by atoms with Crippen LogP contribution in [-0.4, -0.2) is 43.9 Å². The summed E-state index contributed by atoms with van der Waals surface area (Å²) in [6.45, 7) is 3.00. The summed E-state index contributed by atoms with van der Waals surface area (Å²) in [5.41, 5.74) is 0.470. The molecule has 4 rings (SSSR count). The van der Waals surface area contributed by atoms with Crippen molar-refractivity contribution in [2.24, 2.45) is 0 Å². The van der Waals surface area contributed by atoms with Crippen LogP contribution in [0, 0.1) is 5.82 Å². The van der Waals surface area contributed by atoms with E-state index in [1.54, 1.807) is 12.1 Å². The number of piperidine rings is 1. The molecule has 2 aliphatic rings. The number of likely N-dealkylation sites (tertiary alicyclic amines) is 1. The molecule has 1 aliphatic heterocycles. The number of carbonyl (C=O) groups excluding carboxylic acids is 1. The monoisotopic (exact) mass is 388 g/mol. The van der Waals surface area contributed by atoms with Gasteiger partial charge in [-0.25, -0.2) is 4.39 Å². The lowest BCUT2D eigenvalue weighted by molar-refractivity contribution is -0.132. The first kappa shape index (κ1) is 18.5. The third-order valence-corrected chi connectivity index (χ3v) is 6.36. The summed E-state index contributed by atoms with van der Waals surface area (Å²) in [7, 11) is 0. The van der Waals surface area contributed by atoms with Gasteiger partial charge in [0.15, 0.2) is 11.0 Å². The van der Waals surface area contributed by atoms with Gasteiger partial charge in [0.2, 0.25) is 5.91 Å². The molecule has 1 aliphatic carbocycles. The molecule has 1 saturated carbocycles. The molecule has 1 saturated heterocycles. The van der Waals surface area contributed by atoms with Crippen LogP contribution in [0.1, 0.15) is 51.5 Å². The molecule has 0 N–H and O–H groups in total. The van der Waals surface area contributed by atoms with E-state index in [0.717, 1.165) is 38.6 Å². The van der Waals surface area contributed by atoms with Crippen molar-refractivity contribution in [3.63, 3.8) is 0 Å². The van der Waals surface area contributed by atoms with Crippen LogP contribution in [0.4, 0.5) is 4.39 Å². The quantitative estimate of drug-likeness (QED) is 0.692. The van der Waals surface area contributed by atoms with Gasteiger partial charge in [-0.2, -0.15) is 0 Å². The van der Waals surface area contributed by atoms with E-state index in [2.05, 4.69) is 17.1 Å². The normalized spacial score (nSPS) is 20.1. The lowest BCUT2D eigenvalue weighted by Gasteiger charge is -2.35. The molecule has 5 nitrogen and oxygen atoms in total. The third kappa shape index (κ3) is 3.88. The van der Waals surface area contributed by atoms with Crippen molar-refractivity contribution in [1.82, 2.24) is 19.7 Å². The van der Waals surface area contributed by atoms with E-state index in [0.29, 0.717) is 34.4 Å². The fourth-order valence-corrected chi connectivity index (χ4v) is 4.72. The van der Waals surface area contributed by atoms with Crippen LogP contribution in [0.3, 0.4) is 0 Å². The molecule has 2 aromatic rings. The van der Waals surface area contributed by atoms with Crippen molar-refractivity contribution in [3.05, 3.63) is 30.1 Å². The Hall–Kier alpha value is -1.89. The maximum atomic E-state index is 14.2. The van der Waals surface area contributed by atoms with Crippen LogP contribution < -0.4 is 0 Å². The topological polar surface area (TPSA) is 51.0 Å². The van der Waals surface area contributed by atoms with Gasteiger partial charge in [-0.3, -0.25) is 9.36 Å². The van der Waals surface area contributed by atoms with Gasteiger partial charge in [0.25, 0.3) is 0 Å². The van der Waals surface area contributed by atoms with E-state index in [1.165, 1.54) is 24.2 Å². The molecule has 27 heavy (non-hydrogen) atoms. The first-order chi connectivity index (χ1) is 13.2. The second-order valence-electron chi connectivity index (χ2n) is 7.32. The minimum atomic E-state index is -0.293. The number of rotatable bonds is 6. The van der Waals surface area contributed by atoms with E-state index in [9.17, 15) is 9.18 Å². The van der Waals surface area contributed by atoms with Gasteiger partial charge in [-0.15, -0.1) is 10.2 Å². The van der Waals surface area contributed by atoms with Crippen LogP contribution in [0.5, 0.6) is 0 Å². The number of hydrogen-bond donors (Lipinski definition) is 0. The third-order valence-electron chi connectivity index (χ3n) is 5.43. The summed E-state index contributed by atoms with van der Waals surface area (Å²) in [5.74, 6) is 0.802. The highest BCUT2D eigenvalue weighted by Gasteiger charge is 2.32. The van der Waals surface area contributed by atoms with Crippen molar-refractivity contribution in [2.75, 3.05) is 12.3 Å². The molecule has 0 bridgehead atoms. The van der Waals surface area contributed by atoms with Gasteiger partial charge in [-0.05, 0) is 50.7 Å². The van der Waals surface area contributed by atoms with Crippen molar-refractivity contribution < 1.29 is 9.18 Å². The SMILES string of the molecule is CCC1CCCCN1C(=O)CSc1nnc(-c2ccccc2F)n1C1CC1. The average molecular weight is 389 g/mol. The Kier molecular flexibility index (Phi) is 5.48. The van der Waals surface area contributed by atoms with E-state index in [1.807, 2.05) is 15.5 Å². The lowest BCUT2D eigenvalue weighted by atomic mass is 10.0. The van der Waals surface area contributed by atoms with E-state index in [-0.39, 0.29) is 11.7 Å². The molecule has 0 radical (unpaired) electrons. The van der Waals surface area contributed by atoms with Gasteiger partial charge in [0, 0.05) is 18.6 Å². The zero-order valence-electron chi connectivity index (χ0n) is 15.6. The molecule has 1 aromatic carbocycles. The maximum Gasteiger partial charge on any atom is 0.233 e. The Balaban J connectivity index is 1.51. The van der Waals surface area contributed by atoms with Crippen LogP contribution in [-0.2, 0) is 4.79 Å². The number of amides is 1. The number of hydrogen-bond acceptors (Lipinski definition) is 4. The number of thioether (sulfide) groups is 1. The maximum absolute atomic E-state index is 14.2. The Morgan fingerprint density at radius 3 is 2.78 bits per heavy atom. The summed E-state index contributed by atoms with van der Waals surface area (Å²) < 4.78 is 16.3. The summed E-state index contributed by atoms with van der Waals surface area (Å²) >= 11 is 1.43. The van der Waals surface area contributed by atoms with E-state index >= 15 is 0 Å². The Labute approximate surface area is 163 Å². The summed E-state index contributed by atoms with van der Waals surface area (Å²) in [6, 6.07) is 7.33. The van der Waals surface area contributed by atoms with Gasteiger partial charge >= 0.3 is 0 Å². The zero-order valence-corrected chi connectivity index (χ0v) is 16.4. The number of aromatic nitrogens is 3. The second-order valence-corrected chi connectivity index (χ2v) is 8.26. The largest absolute Gasteiger partial charge is 0.339 e.